The molecule has 0 aromatic heterocycles. The highest BCUT2D eigenvalue weighted by Gasteiger charge is 2.46. The predicted molar refractivity (Wildman–Crippen MR) is 76.2 cm³/mol. The van der Waals surface area contributed by atoms with Gasteiger partial charge in [-0.1, -0.05) is 0 Å². The number of hydrogen-bond acceptors (Lipinski definition) is 5. The zero-order valence-corrected chi connectivity index (χ0v) is 14.0. The quantitative estimate of drug-likeness (QED) is 0.446. The molecule has 5 nitrogen and oxygen atoms in total. The van der Waals surface area contributed by atoms with Crippen molar-refractivity contribution in [1.82, 2.24) is 4.90 Å². The molecule has 0 amide bonds. The lowest BCUT2D eigenvalue weighted by Gasteiger charge is -2.44. The fourth-order valence-corrected chi connectivity index (χ4v) is 3.04. The van der Waals surface area contributed by atoms with Crippen LogP contribution < -0.4 is 0 Å². The lowest BCUT2D eigenvalue weighted by atomic mass is 10.2. The van der Waals surface area contributed by atoms with Gasteiger partial charge in [0, 0.05) is 36.6 Å². The Hall–Kier alpha value is -0.433. The van der Waals surface area contributed by atoms with Gasteiger partial charge in [0.15, 0.2) is 0 Å². The molecule has 0 aromatic rings. The van der Waals surface area contributed by atoms with E-state index in [1.165, 1.54) is 0 Å². The molecule has 1 unspecified atom stereocenters. The van der Waals surface area contributed by atoms with Gasteiger partial charge in [-0.05, 0) is 26.8 Å². The molecule has 0 bridgehead atoms. The van der Waals surface area contributed by atoms with Gasteiger partial charge < -0.3 is 19.1 Å². The highest BCUT2D eigenvalue weighted by Crippen LogP contribution is 2.28. The molecule has 1 heterocycles. The molecule has 1 atom stereocenters. The number of ether oxygens (including phenoxy) is 3. The van der Waals surface area contributed by atoms with Crippen molar-refractivity contribution in [3.8, 4) is 0 Å². The lowest BCUT2D eigenvalue weighted by molar-refractivity contribution is -0.336. The van der Waals surface area contributed by atoms with Gasteiger partial charge >= 0.3 is 0 Å². The van der Waals surface area contributed by atoms with Crippen molar-refractivity contribution in [3.05, 3.63) is 0 Å². The maximum absolute atomic E-state index is 5.97. The Morgan fingerprint density at radius 1 is 1.28 bits per heavy atom. The first-order chi connectivity index (χ1) is 8.75. The molecule has 1 rings (SSSR count). The highest BCUT2D eigenvalue weighted by atomic mass is 28.1. The van der Waals surface area contributed by atoms with Gasteiger partial charge in [-0.3, -0.25) is 4.99 Å². The van der Waals surface area contributed by atoms with E-state index >= 15 is 0 Å². The van der Waals surface area contributed by atoms with E-state index in [9.17, 15) is 0 Å². The van der Waals surface area contributed by atoms with Crippen LogP contribution in [0.3, 0.4) is 0 Å². The summed E-state index contributed by atoms with van der Waals surface area (Å²) in [5.41, 5.74) is 0. The fourth-order valence-electron chi connectivity index (χ4n) is 2.29. The summed E-state index contributed by atoms with van der Waals surface area (Å²) in [6, 6.07) is 0.970. The zero-order valence-electron chi connectivity index (χ0n) is 12.0. The Morgan fingerprint density at radius 2 is 1.94 bits per heavy atom. The zero-order chi connectivity index (χ0) is 13.4. The molecular formula is C12H26N2O3Si. The Labute approximate surface area is 113 Å². The molecule has 0 aliphatic carbocycles. The SMILES string of the molecule is CCOC(C[SiH3])C(OCC)(OCC)N1C=NCC1. The molecule has 18 heavy (non-hydrogen) atoms. The van der Waals surface area contributed by atoms with Crippen molar-refractivity contribution < 1.29 is 14.2 Å². The van der Waals surface area contributed by atoms with Crippen LogP contribution in [0.4, 0.5) is 0 Å². The Kier molecular flexibility index (Phi) is 6.84. The van der Waals surface area contributed by atoms with Crippen LogP contribution >= 0.6 is 0 Å². The van der Waals surface area contributed by atoms with E-state index in [0.717, 1.165) is 29.4 Å². The van der Waals surface area contributed by atoms with Gasteiger partial charge in [-0.2, -0.15) is 0 Å². The summed E-state index contributed by atoms with van der Waals surface area (Å²) in [5, 5.41) is 0. The van der Waals surface area contributed by atoms with Crippen LogP contribution in [0.2, 0.25) is 6.04 Å². The van der Waals surface area contributed by atoms with Crippen LogP contribution in [0.25, 0.3) is 0 Å². The molecule has 0 radical (unpaired) electrons. The maximum Gasteiger partial charge on any atom is 0.279 e. The first kappa shape index (κ1) is 15.6. The van der Waals surface area contributed by atoms with E-state index < -0.39 is 5.91 Å². The van der Waals surface area contributed by atoms with Crippen molar-refractivity contribution >= 4 is 16.6 Å². The summed E-state index contributed by atoms with van der Waals surface area (Å²) in [6.07, 6.45) is 1.77. The van der Waals surface area contributed by atoms with Gasteiger partial charge in [0.05, 0.1) is 12.9 Å². The second kappa shape index (κ2) is 7.88. The van der Waals surface area contributed by atoms with Crippen LogP contribution in [0.15, 0.2) is 4.99 Å². The lowest BCUT2D eigenvalue weighted by Crippen LogP contribution is -2.60. The summed E-state index contributed by atoms with van der Waals surface area (Å²) in [6.45, 7) is 9.44. The van der Waals surface area contributed by atoms with Crippen LogP contribution in [-0.4, -0.2) is 66.4 Å². The summed E-state index contributed by atoms with van der Waals surface area (Å²) in [5.74, 6) is -0.804. The molecule has 0 N–H and O–H groups in total. The average Bonchev–Trinajstić information content (AvgIpc) is 2.90. The minimum Gasteiger partial charge on any atom is -0.371 e. The molecule has 106 valence electrons. The van der Waals surface area contributed by atoms with Gasteiger partial charge in [0.25, 0.3) is 5.91 Å². The minimum atomic E-state index is -0.804. The first-order valence-electron chi connectivity index (χ1n) is 6.91. The fraction of sp³-hybridized carbons (Fsp3) is 0.917. The Balaban J connectivity index is 2.96. The third-order valence-corrected chi connectivity index (χ3v) is 3.68. The second-order valence-electron chi connectivity index (χ2n) is 4.06. The second-order valence-corrected chi connectivity index (χ2v) is 4.88. The topological polar surface area (TPSA) is 43.3 Å². The molecule has 1 aliphatic heterocycles. The molecule has 0 spiro atoms. The number of rotatable bonds is 9. The van der Waals surface area contributed by atoms with E-state index in [1.807, 2.05) is 32.0 Å². The van der Waals surface area contributed by atoms with E-state index in [2.05, 4.69) is 4.99 Å². The van der Waals surface area contributed by atoms with E-state index in [1.54, 1.807) is 0 Å². The summed E-state index contributed by atoms with van der Waals surface area (Å²) >= 11 is 0. The van der Waals surface area contributed by atoms with Gasteiger partial charge in [0.2, 0.25) is 0 Å². The van der Waals surface area contributed by atoms with Crippen LogP contribution in [0.1, 0.15) is 20.8 Å². The standard InChI is InChI=1S/C12H26N2O3Si/c1-4-15-11(9-18)12(16-5-2,17-6-3)14-8-7-13-10-14/h10-11H,4-9H2,1-3,18H3. The summed E-state index contributed by atoms with van der Waals surface area (Å²) in [7, 11) is 1.05. The van der Waals surface area contributed by atoms with Crippen molar-refractivity contribution in [2.24, 2.45) is 4.99 Å². The molecule has 0 aromatic carbocycles. The molecule has 0 fully saturated rings. The number of hydrogen-bond donors (Lipinski definition) is 0. The molecule has 0 saturated carbocycles. The minimum absolute atomic E-state index is 0.0568. The third kappa shape index (κ3) is 3.31. The van der Waals surface area contributed by atoms with Gasteiger partial charge in [0.1, 0.15) is 6.10 Å². The first-order valence-corrected chi connectivity index (χ1v) is 8.32. The van der Waals surface area contributed by atoms with Crippen molar-refractivity contribution in [1.29, 1.82) is 0 Å². The molecule has 6 heteroatoms. The summed E-state index contributed by atoms with van der Waals surface area (Å²) < 4.78 is 17.8. The van der Waals surface area contributed by atoms with Gasteiger partial charge in [-0.25, -0.2) is 0 Å². The van der Waals surface area contributed by atoms with Crippen molar-refractivity contribution in [3.63, 3.8) is 0 Å². The molecule has 0 saturated heterocycles. The monoisotopic (exact) mass is 274 g/mol. The third-order valence-electron chi connectivity index (χ3n) is 2.94. The van der Waals surface area contributed by atoms with Crippen LogP contribution in [-0.2, 0) is 14.2 Å². The maximum atomic E-state index is 5.97. The highest BCUT2D eigenvalue weighted by molar-refractivity contribution is 6.08. The van der Waals surface area contributed by atoms with Crippen molar-refractivity contribution in [2.75, 3.05) is 32.9 Å². The van der Waals surface area contributed by atoms with Crippen LogP contribution in [0.5, 0.6) is 0 Å². The van der Waals surface area contributed by atoms with E-state index in [-0.39, 0.29) is 6.10 Å². The van der Waals surface area contributed by atoms with E-state index in [4.69, 9.17) is 14.2 Å². The van der Waals surface area contributed by atoms with E-state index in [0.29, 0.717) is 19.8 Å². The molecule has 1 aliphatic rings. The molecular weight excluding hydrogens is 248 g/mol. The van der Waals surface area contributed by atoms with Crippen LogP contribution in [0, 0.1) is 0 Å². The average molecular weight is 274 g/mol. The van der Waals surface area contributed by atoms with Crippen molar-refractivity contribution in [2.45, 2.75) is 38.8 Å². The van der Waals surface area contributed by atoms with Gasteiger partial charge in [-0.15, -0.1) is 0 Å². The smallest absolute Gasteiger partial charge is 0.279 e. The largest absolute Gasteiger partial charge is 0.371 e. The normalized spacial score (nSPS) is 17.6. The predicted octanol–water partition coefficient (Wildman–Crippen LogP) is 0.246. The Morgan fingerprint density at radius 3 is 2.33 bits per heavy atom. The summed E-state index contributed by atoms with van der Waals surface area (Å²) in [4.78, 5) is 6.31. The Bertz CT molecular complexity index is 258. The number of aliphatic imine (C=N–C) groups is 1. The number of nitrogens with zero attached hydrogens (tertiary/aromatic N) is 2.